The molecule has 1 heterocycles. The van der Waals surface area contributed by atoms with Crippen molar-refractivity contribution in [1.82, 2.24) is 5.01 Å². The standard InChI is InChI=1S/C16H19F3N2O3/c1-10-6-11(2)8-12(7-10)13-9-15(24,16(17,18)19)21(20-13)14(23)4-3-5-22/h6-8,22,24H,3-5,9H2,1-2H3. The Bertz CT molecular complexity index is 653. The van der Waals surface area contributed by atoms with Gasteiger partial charge < -0.3 is 10.2 Å². The highest BCUT2D eigenvalue weighted by Crippen LogP contribution is 2.41. The van der Waals surface area contributed by atoms with Crippen LogP contribution in [0.25, 0.3) is 0 Å². The molecule has 5 nitrogen and oxygen atoms in total. The van der Waals surface area contributed by atoms with Gasteiger partial charge in [-0.05, 0) is 25.8 Å². The van der Waals surface area contributed by atoms with Crippen molar-refractivity contribution in [3.05, 3.63) is 34.9 Å². The fourth-order valence-electron chi connectivity index (χ4n) is 2.67. The highest BCUT2D eigenvalue weighted by molar-refractivity contribution is 6.03. The van der Waals surface area contributed by atoms with E-state index < -0.39 is 24.2 Å². The van der Waals surface area contributed by atoms with Gasteiger partial charge in [-0.25, -0.2) is 0 Å². The van der Waals surface area contributed by atoms with Crippen LogP contribution in [-0.2, 0) is 4.79 Å². The molecule has 1 aliphatic heterocycles. The number of aryl methyl sites for hydroxylation is 2. The topological polar surface area (TPSA) is 73.1 Å². The Morgan fingerprint density at radius 2 is 1.88 bits per heavy atom. The number of alkyl halides is 3. The van der Waals surface area contributed by atoms with Gasteiger partial charge in [-0.15, -0.1) is 0 Å². The number of aliphatic hydroxyl groups excluding tert-OH is 1. The summed E-state index contributed by atoms with van der Waals surface area (Å²) < 4.78 is 40.1. The predicted molar refractivity (Wildman–Crippen MR) is 81.2 cm³/mol. The molecule has 0 fully saturated rings. The van der Waals surface area contributed by atoms with Gasteiger partial charge in [-0.3, -0.25) is 4.79 Å². The molecule has 1 aliphatic rings. The molecule has 1 atom stereocenters. The van der Waals surface area contributed by atoms with E-state index in [1.807, 2.05) is 6.07 Å². The van der Waals surface area contributed by atoms with Crippen molar-refractivity contribution in [2.45, 2.75) is 45.0 Å². The second-order valence-corrected chi connectivity index (χ2v) is 5.95. The maximum Gasteiger partial charge on any atom is 0.438 e. The van der Waals surface area contributed by atoms with Gasteiger partial charge in [0.05, 0.1) is 12.1 Å². The number of aliphatic hydroxyl groups is 2. The molecule has 1 amide bonds. The van der Waals surface area contributed by atoms with Crippen molar-refractivity contribution >= 4 is 11.6 Å². The minimum Gasteiger partial charge on any atom is -0.396 e. The molecule has 2 rings (SSSR count). The first kappa shape index (κ1) is 18.4. The summed E-state index contributed by atoms with van der Waals surface area (Å²) in [6.07, 6.45) is -6.22. The summed E-state index contributed by atoms with van der Waals surface area (Å²) >= 11 is 0. The zero-order valence-electron chi connectivity index (χ0n) is 13.4. The molecule has 8 heteroatoms. The van der Waals surface area contributed by atoms with Gasteiger partial charge in [0.25, 0.3) is 5.72 Å². The molecule has 1 unspecified atom stereocenters. The van der Waals surface area contributed by atoms with Crippen LogP contribution in [0, 0.1) is 13.8 Å². The minimum atomic E-state index is -5.05. The van der Waals surface area contributed by atoms with Gasteiger partial charge in [-0.1, -0.05) is 29.3 Å². The van der Waals surface area contributed by atoms with E-state index in [4.69, 9.17) is 5.11 Å². The van der Waals surface area contributed by atoms with Crippen molar-refractivity contribution in [2.75, 3.05) is 6.61 Å². The smallest absolute Gasteiger partial charge is 0.396 e. The molecule has 0 radical (unpaired) electrons. The number of hydrogen-bond donors (Lipinski definition) is 2. The van der Waals surface area contributed by atoms with Crippen molar-refractivity contribution < 1.29 is 28.2 Å². The number of hydrogen-bond acceptors (Lipinski definition) is 4. The molecule has 0 spiro atoms. The third-order valence-corrected chi connectivity index (χ3v) is 3.78. The molecule has 132 valence electrons. The zero-order chi connectivity index (χ0) is 18.1. The quantitative estimate of drug-likeness (QED) is 0.880. The van der Waals surface area contributed by atoms with Crippen LogP contribution in [0.3, 0.4) is 0 Å². The molecule has 0 bridgehead atoms. The number of carbonyl (C=O) groups is 1. The first-order valence-corrected chi connectivity index (χ1v) is 7.47. The van der Waals surface area contributed by atoms with Crippen LogP contribution in [-0.4, -0.2) is 45.3 Å². The van der Waals surface area contributed by atoms with E-state index in [1.165, 1.54) is 0 Å². The summed E-state index contributed by atoms with van der Waals surface area (Å²) in [5.74, 6) is -0.983. The van der Waals surface area contributed by atoms with Crippen molar-refractivity contribution in [3.63, 3.8) is 0 Å². The van der Waals surface area contributed by atoms with E-state index in [9.17, 15) is 23.1 Å². The second kappa shape index (κ2) is 6.52. The Balaban J connectivity index is 2.42. The lowest BCUT2D eigenvalue weighted by Gasteiger charge is -2.32. The normalized spacial score (nSPS) is 21.1. The minimum absolute atomic E-state index is 0.000950. The van der Waals surface area contributed by atoms with Crippen LogP contribution < -0.4 is 0 Å². The molecule has 0 aliphatic carbocycles. The first-order chi connectivity index (χ1) is 11.1. The number of hydrazone groups is 1. The lowest BCUT2D eigenvalue weighted by molar-refractivity contribution is -0.302. The average molecular weight is 344 g/mol. The number of halogens is 3. The summed E-state index contributed by atoms with van der Waals surface area (Å²) in [5, 5.41) is 22.7. The number of amides is 1. The molecule has 0 saturated carbocycles. The fourth-order valence-corrected chi connectivity index (χ4v) is 2.67. The molecule has 1 aromatic carbocycles. The van der Waals surface area contributed by atoms with E-state index >= 15 is 0 Å². The third-order valence-electron chi connectivity index (χ3n) is 3.78. The van der Waals surface area contributed by atoms with Gasteiger partial charge >= 0.3 is 6.18 Å². The van der Waals surface area contributed by atoms with Crippen LogP contribution in [0.5, 0.6) is 0 Å². The van der Waals surface area contributed by atoms with Gasteiger partial charge in [0.1, 0.15) is 0 Å². The van der Waals surface area contributed by atoms with Gasteiger partial charge in [0.2, 0.25) is 5.91 Å². The number of rotatable bonds is 4. The predicted octanol–water partition coefficient (Wildman–Crippen LogP) is 2.26. The van der Waals surface area contributed by atoms with Crippen LogP contribution in [0.2, 0.25) is 0 Å². The number of nitrogens with zero attached hydrogens (tertiary/aromatic N) is 2. The van der Waals surface area contributed by atoms with Crippen molar-refractivity contribution in [2.24, 2.45) is 5.10 Å². The molecular formula is C16H19F3N2O3. The van der Waals surface area contributed by atoms with E-state index in [-0.39, 0.29) is 30.2 Å². The lowest BCUT2D eigenvalue weighted by atomic mass is 9.98. The third kappa shape index (κ3) is 3.44. The summed E-state index contributed by atoms with van der Waals surface area (Å²) in [6, 6.07) is 5.17. The Morgan fingerprint density at radius 1 is 1.29 bits per heavy atom. The Hall–Kier alpha value is -1.93. The Labute approximate surface area is 137 Å². The van der Waals surface area contributed by atoms with Gasteiger partial charge in [0.15, 0.2) is 0 Å². The highest BCUT2D eigenvalue weighted by Gasteiger charge is 2.63. The van der Waals surface area contributed by atoms with E-state index in [0.717, 1.165) is 11.1 Å². The maximum atomic E-state index is 13.4. The fraction of sp³-hybridized carbons (Fsp3) is 0.500. The Kier molecular flexibility index (Phi) is 5.00. The molecule has 24 heavy (non-hydrogen) atoms. The van der Waals surface area contributed by atoms with Crippen LogP contribution in [0.4, 0.5) is 13.2 Å². The zero-order valence-corrected chi connectivity index (χ0v) is 13.4. The number of carbonyl (C=O) groups excluding carboxylic acids is 1. The van der Waals surface area contributed by atoms with Crippen LogP contribution >= 0.6 is 0 Å². The van der Waals surface area contributed by atoms with Crippen molar-refractivity contribution in [3.8, 4) is 0 Å². The molecule has 1 aromatic rings. The van der Waals surface area contributed by atoms with Gasteiger partial charge in [0, 0.05) is 13.0 Å². The summed E-state index contributed by atoms with van der Waals surface area (Å²) in [4.78, 5) is 12.0. The largest absolute Gasteiger partial charge is 0.438 e. The molecule has 0 aromatic heterocycles. The van der Waals surface area contributed by atoms with Gasteiger partial charge in [-0.2, -0.15) is 23.3 Å². The number of benzene rings is 1. The summed E-state index contributed by atoms with van der Waals surface area (Å²) in [6.45, 7) is 3.26. The monoisotopic (exact) mass is 344 g/mol. The molecule has 2 N–H and O–H groups in total. The van der Waals surface area contributed by atoms with E-state index in [1.54, 1.807) is 26.0 Å². The molecular weight excluding hydrogens is 325 g/mol. The maximum absolute atomic E-state index is 13.4. The second-order valence-electron chi connectivity index (χ2n) is 5.95. The SMILES string of the molecule is Cc1cc(C)cc(C2=NN(C(=O)CCCO)C(O)(C(F)(F)F)C2)c1. The summed E-state index contributed by atoms with van der Waals surface area (Å²) in [5.41, 5.74) is -1.25. The lowest BCUT2D eigenvalue weighted by Crippen LogP contribution is -2.56. The average Bonchev–Trinajstić information content (AvgIpc) is 2.83. The first-order valence-electron chi connectivity index (χ1n) is 7.47. The van der Waals surface area contributed by atoms with Crippen LogP contribution in [0.15, 0.2) is 23.3 Å². The Morgan fingerprint density at radius 3 is 2.38 bits per heavy atom. The van der Waals surface area contributed by atoms with Crippen LogP contribution in [0.1, 0.15) is 36.0 Å². The molecule has 0 saturated heterocycles. The van der Waals surface area contributed by atoms with E-state index in [2.05, 4.69) is 5.10 Å². The van der Waals surface area contributed by atoms with E-state index in [0.29, 0.717) is 5.56 Å². The summed E-state index contributed by atoms with van der Waals surface area (Å²) in [7, 11) is 0. The highest BCUT2D eigenvalue weighted by atomic mass is 19.4. The van der Waals surface area contributed by atoms with Crippen molar-refractivity contribution in [1.29, 1.82) is 0 Å².